The average molecular weight is 311 g/mol. The monoisotopic (exact) mass is 311 g/mol. The van der Waals surface area contributed by atoms with E-state index >= 15 is 0 Å². The predicted molar refractivity (Wildman–Crippen MR) is 96.1 cm³/mol. The highest BCUT2D eigenvalue weighted by Gasteiger charge is 2.12. The molecule has 1 amide bonds. The van der Waals surface area contributed by atoms with Crippen molar-refractivity contribution in [1.82, 2.24) is 5.32 Å². The van der Waals surface area contributed by atoms with Gasteiger partial charge in [0.2, 0.25) is 0 Å². The van der Waals surface area contributed by atoms with E-state index in [4.69, 9.17) is 0 Å². The van der Waals surface area contributed by atoms with Crippen LogP contribution >= 0.6 is 8.86 Å². The lowest BCUT2D eigenvalue weighted by atomic mass is 10.0. The van der Waals surface area contributed by atoms with Gasteiger partial charge in [-0.15, -0.1) is 8.86 Å². The molecule has 0 aliphatic heterocycles. The van der Waals surface area contributed by atoms with Gasteiger partial charge in [0, 0.05) is 6.54 Å². The second-order valence-corrected chi connectivity index (χ2v) is 5.97. The highest BCUT2D eigenvalue weighted by molar-refractivity contribution is 7.26. The molecule has 0 saturated carbocycles. The fourth-order valence-corrected chi connectivity index (χ4v) is 2.73. The van der Waals surface area contributed by atoms with E-state index in [9.17, 15) is 4.79 Å². The van der Waals surface area contributed by atoms with Gasteiger partial charge in [-0.2, -0.15) is 0 Å². The van der Waals surface area contributed by atoms with E-state index in [1.165, 1.54) is 11.1 Å². The van der Waals surface area contributed by atoms with Crippen LogP contribution in [0.2, 0.25) is 0 Å². The Morgan fingerprint density at radius 1 is 1.05 bits per heavy atom. The van der Waals surface area contributed by atoms with Crippen molar-refractivity contribution in [3.05, 3.63) is 70.8 Å². The molecule has 0 fully saturated rings. The molecule has 0 atom stereocenters. The summed E-state index contributed by atoms with van der Waals surface area (Å²) in [5.74, 6) is -0.0570. The first-order valence-corrected chi connectivity index (χ1v) is 8.07. The topological polar surface area (TPSA) is 29.1 Å². The van der Waals surface area contributed by atoms with Crippen LogP contribution in [0.5, 0.6) is 0 Å². The van der Waals surface area contributed by atoms with Crippen LogP contribution in [-0.4, -0.2) is 17.7 Å². The van der Waals surface area contributed by atoms with Crippen molar-refractivity contribution in [2.75, 3.05) is 6.54 Å². The maximum absolute atomic E-state index is 12.2. The minimum Gasteiger partial charge on any atom is -0.352 e. The van der Waals surface area contributed by atoms with Crippen molar-refractivity contribution >= 4 is 20.1 Å². The molecular formula is C19H22NOP. The smallest absolute Gasteiger partial charge is 0.255 e. The zero-order chi connectivity index (χ0) is 15.9. The third kappa shape index (κ3) is 4.29. The predicted octanol–water partition coefficient (Wildman–Crippen LogP) is 3.72. The quantitative estimate of drug-likeness (QED) is 0.639. The minimum absolute atomic E-state index is 0.0570. The van der Waals surface area contributed by atoms with Crippen molar-refractivity contribution in [2.24, 2.45) is 0 Å². The van der Waals surface area contributed by atoms with Crippen LogP contribution in [0.3, 0.4) is 0 Å². The summed E-state index contributed by atoms with van der Waals surface area (Å²) in [4.78, 5) is 12.2. The molecule has 0 spiro atoms. The maximum Gasteiger partial charge on any atom is 0.255 e. The summed E-state index contributed by atoms with van der Waals surface area (Å²) >= 11 is 0. The first-order valence-electron chi connectivity index (χ1n) is 7.57. The Morgan fingerprint density at radius 3 is 2.50 bits per heavy atom. The standard InChI is InChI=1S/C19H22NOP/c1-14-8-6-12-17(15(14)2)18(22)19(21)20-13-7-11-16-9-4-3-5-10-16/h3-6,8-10,12,22H,7,11,13H2,1-2H3,(H,20,21). The van der Waals surface area contributed by atoms with Gasteiger partial charge in [-0.05, 0) is 48.9 Å². The van der Waals surface area contributed by atoms with E-state index in [-0.39, 0.29) is 5.91 Å². The van der Waals surface area contributed by atoms with E-state index < -0.39 is 0 Å². The van der Waals surface area contributed by atoms with Crippen LogP contribution < -0.4 is 5.32 Å². The third-order valence-electron chi connectivity index (χ3n) is 3.87. The second-order valence-electron chi connectivity index (χ2n) is 5.47. The molecule has 22 heavy (non-hydrogen) atoms. The fourth-order valence-electron chi connectivity index (χ4n) is 2.37. The largest absolute Gasteiger partial charge is 0.352 e. The molecule has 114 valence electrons. The summed E-state index contributed by atoms with van der Waals surface area (Å²) in [6.45, 7) is 4.76. The van der Waals surface area contributed by atoms with Gasteiger partial charge in [0.1, 0.15) is 0 Å². The van der Waals surface area contributed by atoms with Crippen molar-refractivity contribution < 1.29 is 4.79 Å². The Balaban J connectivity index is 1.84. The molecule has 3 heteroatoms. The van der Waals surface area contributed by atoms with Crippen molar-refractivity contribution in [1.29, 1.82) is 0 Å². The first-order chi connectivity index (χ1) is 10.6. The number of aryl methyl sites for hydroxylation is 2. The zero-order valence-corrected chi connectivity index (χ0v) is 14.1. The number of amides is 1. The molecule has 0 radical (unpaired) electrons. The molecule has 2 rings (SSSR count). The van der Waals surface area contributed by atoms with Crippen molar-refractivity contribution in [3.63, 3.8) is 0 Å². The first kappa shape index (κ1) is 16.5. The average Bonchev–Trinajstić information content (AvgIpc) is 2.54. The van der Waals surface area contributed by atoms with E-state index in [1.807, 2.05) is 37.3 Å². The molecule has 0 unspecified atom stereocenters. The molecule has 2 aromatic carbocycles. The molecule has 2 aromatic rings. The van der Waals surface area contributed by atoms with Gasteiger partial charge in [-0.1, -0.05) is 48.5 Å². The molecule has 1 N–H and O–H groups in total. The Hall–Kier alpha value is -1.92. The van der Waals surface area contributed by atoms with E-state index in [1.54, 1.807) is 0 Å². The zero-order valence-electron chi connectivity index (χ0n) is 13.1. The van der Waals surface area contributed by atoms with Gasteiger partial charge in [-0.25, -0.2) is 0 Å². The van der Waals surface area contributed by atoms with Crippen LogP contribution in [0.4, 0.5) is 0 Å². The number of hydrogen-bond acceptors (Lipinski definition) is 1. The van der Waals surface area contributed by atoms with Crippen LogP contribution in [0, 0.1) is 13.8 Å². The molecule has 2 nitrogen and oxygen atoms in total. The Kier molecular flexibility index (Phi) is 5.91. The van der Waals surface area contributed by atoms with Gasteiger partial charge in [0.15, 0.2) is 0 Å². The molecule has 0 aliphatic rings. The van der Waals surface area contributed by atoms with Crippen molar-refractivity contribution in [2.45, 2.75) is 26.7 Å². The highest BCUT2D eigenvalue weighted by Crippen LogP contribution is 2.14. The number of carbonyl (C=O) groups is 1. The molecule has 0 bridgehead atoms. The fraction of sp³-hybridized carbons (Fsp3) is 0.263. The highest BCUT2D eigenvalue weighted by atomic mass is 31.0. The normalized spacial score (nSPS) is 10.3. The van der Waals surface area contributed by atoms with Crippen molar-refractivity contribution in [3.8, 4) is 0 Å². The Labute approximate surface area is 134 Å². The number of carbonyl (C=O) groups excluding carboxylic acids is 1. The molecule has 0 heterocycles. The number of benzene rings is 2. The van der Waals surface area contributed by atoms with Gasteiger partial charge < -0.3 is 5.32 Å². The van der Waals surface area contributed by atoms with Gasteiger partial charge in [0.25, 0.3) is 5.91 Å². The number of nitrogens with one attached hydrogen (secondary N) is 1. The van der Waals surface area contributed by atoms with E-state index in [0.717, 1.165) is 24.0 Å². The SMILES string of the molecule is Cc1cccc(C(=P)C(=O)NCCCc2ccccc2)c1C. The summed E-state index contributed by atoms with van der Waals surface area (Å²) in [5, 5.41) is 3.57. The lowest BCUT2D eigenvalue weighted by Gasteiger charge is -2.11. The van der Waals surface area contributed by atoms with Crippen LogP contribution in [0.15, 0.2) is 48.5 Å². The summed E-state index contributed by atoms with van der Waals surface area (Å²) in [5.41, 5.74) is 4.57. The summed E-state index contributed by atoms with van der Waals surface area (Å²) < 4.78 is 0. The molecule has 0 saturated heterocycles. The second kappa shape index (κ2) is 7.91. The van der Waals surface area contributed by atoms with Crippen LogP contribution in [0.1, 0.15) is 28.7 Å². The van der Waals surface area contributed by atoms with Crippen LogP contribution in [0.25, 0.3) is 0 Å². The van der Waals surface area contributed by atoms with E-state index in [0.29, 0.717) is 11.8 Å². The van der Waals surface area contributed by atoms with Crippen LogP contribution in [-0.2, 0) is 11.2 Å². The summed E-state index contributed by atoms with van der Waals surface area (Å²) in [6.07, 6.45) is 1.91. The number of rotatable bonds is 6. The summed E-state index contributed by atoms with van der Waals surface area (Å²) in [7, 11) is 3.50. The summed E-state index contributed by atoms with van der Waals surface area (Å²) in [6, 6.07) is 16.3. The molecule has 0 aromatic heterocycles. The third-order valence-corrected chi connectivity index (χ3v) is 4.37. The Bertz CT molecular complexity index is 664. The van der Waals surface area contributed by atoms with Gasteiger partial charge in [-0.3, -0.25) is 4.79 Å². The Morgan fingerprint density at radius 2 is 1.77 bits per heavy atom. The minimum atomic E-state index is -0.0570. The maximum atomic E-state index is 12.2. The molecule has 0 aliphatic carbocycles. The lowest BCUT2D eigenvalue weighted by molar-refractivity contribution is -0.114. The molecular weight excluding hydrogens is 289 g/mol. The van der Waals surface area contributed by atoms with E-state index in [2.05, 4.69) is 39.3 Å². The van der Waals surface area contributed by atoms with Gasteiger partial charge in [0.05, 0.1) is 5.29 Å². The lowest BCUT2D eigenvalue weighted by Crippen LogP contribution is -2.31. The number of hydrogen-bond donors (Lipinski definition) is 1. The van der Waals surface area contributed by atoms with Gasteiger partial charge >= 0.3 is 0 Å².